The van der Waals surface area contributed by atoms with Gasteiger partial charge in [-0.15, -0.1) is 0 Å². The molecule has 9 heteroatoms. The van der Waals surface area contributed by atoms with Gasteiger partial charge in [0.15, 0.2) is 0 Å². The summed E-state index contributed by atoms with van der Waals surface area (Å²) in [5.41, 5.74) is 0.387. The van der Waals surface area contributed by atoms with Gasteiger partial charge >= 0.3 is 6.18 Å². The van der Waals surface area contributed by atoms with E-state index in [1.807, 2.05) is 0 Å². The molecule has 1 amide bonds. The van der Waals surface area contributed by atoms with Crippen molar-refractivity contribution in [1.82, 2.24) is 0 Å². The van der Waals surface area contributed by atoms with E-state index in [0.717, 1.165) is 0 Å². The van der Waals surface area contributed by atoms with Gasteiger partial charge in [-0.2, -0.15) is 13.2 Å². The Kier molecular flexibility index (Phi) is 3.03. The average molecular weight is 252 g/mol. The molecule has 0 heterocycles. The van der Waals surface area contributed by atoms with Gasteiger partial charge < -0.3 is 5.73 Å². The summed E-state index contributed by atoms with van der Waals surface area (Å²) in [7, 11) is 0. The number of primary amides is 1. The van der Waals surface area contributed by atoms with Crippen LogP contribution in [0, 0.1) is 15.9 Å². The summed E-state index contributed by atoms with van der Waals surface area (Å²) < 4.78 is 50.3. The van der Waals surface area contributed by atoms with E-state index in [2.05, 4.69) is 5.73 Å². The first-order valence-electron chi connectivity index (χ1n) is 3.99. The molecule has 92 valence electrons. The number of nitrogens with zero attached hydrogens (tertiary/aromatic N) is 1. The fourth-order valence-corrected chi connectivity index (χ4v) is 1.13. The molecule has 1 aromatic rings. The summed E-state index contributed by atoms with van der Waals surface area (Å²) in [6, 6.07) is 0.0404. The first kappa shape index (κ1) is 12.9. The van der Waals surface area contributed by atoms with Crippen LogP contribution in [0.1, 0.15) is 15.9 Å². The van der Waals surface area contributed by atoms with E-state index >= 15 is 0 Å². The van der Waals surface area contributed by atoms with Crippen LogP contribution >= 0.6 is 0 Å². The third-order valence-electron chi connectivity index (χ3n) is 1.85. The lowest BCUT2D eigenvalue weighted by Crippen LogP contribution is -2.17. The van der Waals surface area contributed by atoms with Gasteiger partial charge in [-0.25, -0.2) is 4.39 Å². The van der Waals surface area contributed by atoms with Gasteiger partial charge in [-0.05, 0) is 6.07 Å². The molecule has 0 unspecified atom stereocenters. The summed E-state index contributed by atoms with van der Waals surface area (Å²) in [5.74, 6) is -2.92. The van der Waals surface area contributed by atoms with Crippen molar-refractivity contribution in [2.45, 2.75) is 6.18 Å². The maximum absolute atomic E-state index is 13.1. The second kappa shape index (κ2) is 4.00. The van der Waals surface area contributed by atoms with Crippen LogP contribution in [0.4, 0.5) is 23.2 Å². The SMILES string of the molecule is NC(=O)c1cc(C(F)(F)F)c([N+](=O)[O-])cc1F. The lowest BCUT2D eigenvalue weighted by molar-refractivity contribution is -0.388. The van der Waals surface area contributed by atoms with Crippen LogP contribution in [0.25, 0.3) is 0 Å². The molecular formula is C8H4F4N2O3. The van der Waals surface area contributed by atoms with Crippen LogP contribution in [0.5, 0.6) is 0 Å². The summed E-state index contributed by atoms with van der Waals surface area (Å²) in [4.78, 5) is 19.6. The van der Waals surface area contributed by atoms with E-state index in [0.29, 0.717) is 0 Å². The monoisotopic (exact) mass is 252 g/mol. The zero-order valence-electron chi connectivity index (χ0n) is 7.92. The van der Waals surface area contributed by atoms with Gasteiger partial charge in [0.2, 0.25) is 0 Å². The van der Waals surface area contributed by atoms with Crippen molar-refractivity contribution in [3.8, 4) is 0 Å². The highest BCUT2D eigenvalue weighted by Gasteiger charge is 2.39. The van der Waals surface area contributed by atoms with Crippen LogP contribution in [-0.4, -0.2) is 10.8 Å². The third-order valence-corrected chi connectivity index (χ3v) is 1.85. The summed E-state index contributed by atoms with van der Waals surface area (Å²) >= 11 is 0. The lowest BCUT2D eigenvalue weighted by atomic mass is 10.1. The molecule has 2 N–H and O–H groups in total. The Labute approximate surface area is 91.0 Å². The quantitative estimate of drug-likeness (QED) is 0.495. The molecule has 0 radical (unpaired) electrons. The van der Waals surface area contributed by atoms with Crippen LogP contribution in [0.2, 0.25) is 0 Å². The molecule has 0 fully saturated rings. The minimum Gasteiger partial charge on any atom is -0.366 e. The Hall–Kier alpha value is -2.19. The van der Waals surface area contributed by atoms with E-state index in [9.17, 15) is 32.5 Å². The fourth-order valence-electron chi connectivity index (χ4n) is 1.13. The molecule has 17 heavy (non-hydrogen) atoms. The number of nitro benzene ring substituents is 1. The van der Waals surface area contributed by atoms with Crippen LogP contribution in [0.15, 0.2) is 12.1 Å². The van der Waals surface area contributed by atoms with Crippen LogP contribution < -0.4 is 5.73 Å². The maximum atomic E-state index is 13.1. The van der Waals surface area contributed by atoms with E-state index in [-0.39, 0.29) is 12.1 Å². The number of hydrogen-bond donors (Lipinski definition) is 1. The molecule has 1 aromatic carbocycles. The smallest absolute Gasteiger partial charge is 0.366 e. The van der Waals surface area contributed by atoms with Crippen LogP contribution in [-0.2, 0) is 6.18 Å². The van der Waals surface area contributed by atoms with Crippen LogP contribution in [0.3, 0.4) is 0 Å². The number of halogens is 4. The van der Waals surface area contributed by atoms with E-state index in [1.165, 1.54) is 0 Å². The molecule has 0 aliphatic rings. The molecule has 0 atom stereocenters. The van der Waals surface area contributed by atoms with Crippen molar-refractivity contribution < 1.29 is 27.3 Å². The predicted molar refractivity (Wildman–Crippen MR) is 46.6 cm³/mol. The molecule has 0 saturated heterocycles. The van der Waals surface area contributed by atoms with Gasteiger partial charge in [0.05, 0.1) is 16.6 Å². The zero-order chi connectivity index (χ0) is 13.4. The standard InChI is InChI=1S/C8H4F4N2O3/c9-5-2-6(14(16)17)4(8(10,11)12)1-3(5)7(13)15/h1-2H,(H2,13,15). The Morgan fingerprint density at radius 1 is 1.35 bits per heavy atom. The topological polar surface area (TPSA) is 86.2 Å². The van der Waals surface area contributed by atoms with E-state index < -0.39 is 39.6 Å². The molecule has 5 nitrogen and oxygen atoms in total. The fraction of sp³-hybridized carbons (Fsp3) is 0.125. The Balaban J connectivity index is 3.60. The Bertz CT molecular complexity index is 498. The summed E-state index contributed by atoms with van der Waals surface area (Å²) in [6.07, 6.45) is -5.08. The van der Waals surface area contributed by atoms with E-state index in [4.69, 9.17) is 0 Å². The average Bonchev–Trinajstić information content (AvgIpc) is 2.14. The lowest BCUT2D eigenvalue weighted by Gasteiger charge is -2.08. The molecule has 0 aliphatic carbocycles. The molecule has 0 bridgehead atoms. The normalized spacial score (nSPS) is 11.3. The number of nitro groups is 1. The third kappa shape index (κ3) is 2.49. The van der Waals surface area contributed by atoms with Gasteiger partial charge in [0.25, 0.3) is 11.6 Å². The number of carbonyl (C=O) groups is 1. The predicted octanol–water partition coefficient (Wildman–Crippen LogP) is 1.85. The minimum atomic E-state index is -5.08. The number of rotatable bonds is 2. The van der Waals surface area contributed by atoms with Gasteiger partial charge in [0.1, 0.15) is 11.4 Å². The molecule has 0 spiro atoms. The largest absolute Gasteiger partial charge is 0.423 e. The number of carbonyl (C=O) groups excluding carboxylic acids is 1. The second-order valence-electron chi connectivity index (χ2n) is 2.97. The highest BCUT2D eigenvalue weighted by molar-refractivity contribution is 5.93. The zero-order valence-corrected chi connectivity index (χ0v) is 7.92. The van der Waals surface area contributed by atoms with Crippen molar-refractivity contribution in [3.63, 3.8) is 0 Å². The van der Waals surface area contributed by atoms with Crippen molar-refractivity contribution in [2.24, 2.45) is 5.73 Å². The molecule has 1 rings (SSSR count). The first-order chi connectivity index (χ1) is 7.64. The highest BCUT2D eigenvalue weighted by Crippen LogP contribution is 2.37. The molecule has 0 aromatic heterocycles. The Morgan fingerprint density at radius 3 is 2.24 bits per heavy atom. The van der Waals surface area contributed by atoms with Crippen molar-refractivity contribution in [3.05, 3.63) is 39.2 Å². The van der Waals surface area contributed by atoms with Crippen molar-refractivity contribution >= 4 is 11.6 Å². The maximum Gasteiger partial charge on any atom is 0.423 e. The Morgan fingerprint density at radius 2 is 1.88 bits per heavy atom. The second-order valence-corrected chi connectivity index (χ2v) is 2.97. The summed E-state index contributed by atoms with van der Waals surface area (Å²) in [6.45, 7) is 0. The van der Waals surface area contributed by atoms with Crippen molar-refractivity contribution in [1.29, 1.82) is 0 Å². The number of benzene rings is 1. The van der Waals surface area contributed by atoms with Gasteiger partial charge in [-0.1, -0.05) is 0 Å². The number of nitrogens with two attached hydrogens (primary N) is 1. The van der Waals surface area contributed by atoms with Gasteiger partial charge in [0, 0.05) is 0 Å². The number of alkyl halides is 3. The summed E-state index contributed by atoms with van der Waals surface area (Å²) in [5, 5.41) is 10.3. The molecular weight excluding hydrogens is 248 g/mol. The number of hydrogen-bond acceptors (Lipinski definition) is 3. The van der Waals surface area contributed by atoms with Gasteiger partial charge in [-0.3, -0.25) is 14.9 Å². The highest BCUT2D eigenvalue weighted by atomic mass is 19.4. The first-order valence-corrected chi connectivity index (χ1v) is 3.99. The van der Waals surface area contributed by atoms with E-state index in [1.54, 1.807) is 0 Å². The van der Waals surface area contributed by atoms with Crippen molar-refractivity contribution in [2.75, 3.05) is 0 Å². The molecule has 0 saturated carbocycles. The minimum absolute atomic E-state index is 0.0168. The number of amides is 1. The molecule has 0 aliphatic heterocycles.